The van der Waals surface area contributed by atoms with E-state index < -0.39 is 13.9 Å². The second-order valence-corrected chi connectivity index (χ2v) is 23.1. The maximum Gasteiger partial charge on any atom is 0.306 e. The molecule has 0 bridgehead atoms. The van der Waals surface area contributed by atoms with Crippen LogP contribution in [0.1, 0.15) is 303 Å². The number of nitrogens with zero attached hydrogens (tertiary/aromatic N) is 1. The van der Waals surface area contributed by atoms with E-state index in [9.17, 15) is 14.3 Å². The quantitative estimate of drug-likeness (QED) is 0.0197. The number of hydrogen-bond acceptors (Lipinski definition) is 7. The van der Waals surface area contributed by atoms with E-state index in [1.54, 1.807) is 0 Å². The van der Waals surface area contributed by atoms with E-state index in [0.29, 0.717) is 24.1 Å². The zero-order valence-electron chi connectivity index (χ0n) is 46.3. The van der Waals surface area contributed by atoms with E-state index in [4.69, 9.17) is 18.5 Å². The van der Waals surface area contributed by atoms with Crippen molar-refractivity contribution >= 4 is 13.8 Å². The van der Waals surface area contributed by atoms with Crippen LogP contribution in [0.4, 0.5) is 0 Å². The molecule has 0 aliphatic heterocycles. The number of likely N-dealkylation sites (N-methyl/N-ethyl adjacent to an activating group) is 1. The van der Waals surface area contributed by atoms with Crippen molar-refractivity contribution in [1.82, 2.24) is 0 Å². The van der Waals surface area contributed by atoms with Gasteiger partial charge in [-0.2, -0.15) is 0 Å². The third-order valence-corrected chi connectivity index (χ3v) is 14.5. The van der Waals surface area contributed by atoms with E-state index in [0.717, 1.165) is 32.1 Å². The molecule has 0 fully saturated rings. The number of hydrogen-bond donors (Lipinski definition) is 0. The summed E-state index contributed by atoms with van der Waals surface area (Å²) in [5.41, 5.74) is 0. The molecule has 9 heteroatoms. The predicted octanol–water partition coefficient (Wildman–Crippen LogP) is 18.3. The van der Waals surface area contributed by atoms with Crippen LogP contribution >= 0.6 is 7.82 Å². The maximum atomic E-state index is 12.8. The van der Waals surface area contributed by atoms with Crippen molar-refractivity contribution in [1.29, 1.82) is 0 Å². The Labute approximate surface area is 424 Å². The van der Waals surface area contributed by atoms with Crippen LogP contribution in [-0.4, -0.2) is 70.7 Å². The first-order valence-corrected chi connectivity index (χ1v) is 31.4. The zero-order valence-corrected chi connectivity index (χ0v) is 47.2. The lowest BCUT2D eigenvalue weighted by Gasteiger charge is -2.28. The molecule has 2 atom stereocenters. The summed E-state index contributed by atoms with van der Waals surface area (Å²) in [4.78, 5) is 25.3. The summed E-state index contributed by atoms with van der Waals surface area (Å²) < 4.78 is 34.9. The van der Waals surface area contributed by atoms with Crippen molar-refractivity contribution in [2.24, 2.45) is 0 Å². The number of unbranched alkanes of at least 4 members (excludes halogenated alkanes) is 41. The molecule has 0 aliphatic rings. The molecule has 68 heavy (non-hydrogen) atoms. The monoisotopic (exact) mass is 984 g/mol. The zero-order chi connectivity index (χ0) is 49.8. The van der Waals surface area contributed by atoms with Crippen molar-refractivity contribution in [3.8, 4) is 0 Å². The van der Waals surface area contributed by atoms with E-state index in [1.807, 2.05) is 21.1 Å². The van der Waals surface area contributed by atoms with E-state index in [-0.39, 0.29) is 25.8 Å². The third kappa shape index (κ3) is 56.2. The van der Waals surface area contributed by atoms with Crippen LogP contribution in [0, 0.1) is 0 Å². The van der Waals surface area contributed by atoms with Crippen LogP contribution in [0.2, 0.25) is 0 Å². The van der Waals surface area contributed by atoms with Crippen LogP contribution in [0.3, 0.4) is 0 Å². The Morgan fingerprint density at radius 3 is 1.12 bits per heavy atom. The fourth-order valence-corrected chi connectivity index (χ4v) is 9.69. The molecule has 0 radical (unpaired) electrons. The van der Waals surface area contributed by atoms with Gasteiger partial charge in [0, 0.05) is 13.0 Å². The lowest BCUT2D eigenvalue weighted by molar-refractivity contribution is -0.870. The fourth-order valence-electron chi connectivity index (χ4n) is 8.96. The number of esters is 1. The number of ether oxygens (including phenoxy) is 2. The average molecular weight is 985 g/mol. The molecule has 0 spiro atoms. The molecule has 0 amide bonds. The molecule has 0 rings (SSSR count). The van der Waals surface area contributed by atoms with Gasteiger partial charge in [-0.3, -0.25) is 9.36 Å². The normalized spacial score (nSPS) is 13.4. The van der Waals surface area contributed by atoms with Gasteiger partial charge in [-0.05, 0) is 38.5 Å². The van der Waals surface area contributed by atoms with Gasteiger partial charge in [0.2, 0.25) is 0 Å². The Balaban J connectivity index is 4.00. The van der Waals surface area contributed by atoms with Gasteiger partial charge in [-0.25, -0.2) is 0 Å². The van der Waals surface area contributed by atoms with Gasteiger partial charge in [0.25, 0.3) is 7.82 Å². The standard InChI is InChI=1S/C59H118NO7P/c1-6-8-10-12-14-16-18-20-22-24-26-28-29-30-31-33-35-37-39-41-43-45-47-49-51-54-64-56-58(57-66-68(62,63)65-55-53-60(3,4)5)67-59(61)52-50-48-46-44-42-40-38-36-34-32-27-25-23-21-19-17-15-13-11-9-7-2/h25,27,58H,6-24,26,28-57H2,1-5H3/b27-25-. The minimum absolute atomic E-state index is 0.0297. The molecule has 0 aliphatic carbocycles. The number of quaternary nitrogens is 1. The van der Waals surface area contributed by atoms with Crippen molar-refractivity contribution in [3.05, 3.63) is 12.2 Å². The second kappa shape index (κ2) is 52.6. The van der Waals surface area contributed by atoms with Gasteiger partial charge in [0.05, 0.1) is 34.4 Å². The van der Waals surface area contributed by atoms with Gasteiger partial charge in [-0.1, -0.05) is 270 Å². The maximum absolute atomic E-state index is 12.8. The smallest absolute Gasteiger partial charge is 0.306 e. The molecular weight excluding hydrogens is 866 g/mol. The molecule has 0 saturated carbocycles. The van der Waals surface area contributed by atoms with Crippen molar-refractivity contribution in [3.63, 3.8) is 0 Å². The van der Waals surface area contributed by atoms with E-state index in [1.165, 1.54) is 250 Å². The van der Waals surface area contributed by atoms with Crippen molar-refractivity contribution < 1.29 is 37.3 Å². The Morgan fingerprint density at radius 2 is 0.765 bits per heavy atom. The largest absolute Gasteiger partial charge is 0.756 e. The summed E-state index contributed by atoms with van der Waals surface area (Å²) in [6.45, 7) is 5.49. The molecular formula is C59H118NO7P. The summed E-state index contributed by atoms with van der Waals surface area (Å²) in [7, 11) is 1.38. The molecule has 0 heterocycles. The average Bonchev–Trinajstić information content (AvgIpc) is 3.30. The first-order valence-electron chi connectivity index (χ1n) is 29.9. The van der Waals surface area contributed by atoms with E-state index >= 15 is 0 Å². The van der Waals surface area contributed by atoms with Crippen LogP contribution < -0.4 is 4.89 Å². The lowest BCUT2D eigenvalue weighted by atomic mass is 10.0. The summed E-state index contributed by atoms with van der Waals surface area (Å²) in [6, 6.07) is 0. The van der Waals surface area contributed by atoms with Crippen LogP contribution in [0.15, 0.2) is 12.2 Å². The highest BCUT2D eigenvalue weighted by Gasteiger charge is 2.20. The van der Waals surface area contributed by atoms with Crippen LogP contribution in [-0.2, 0) is 27.9 Å². The minimum Gasteiger partial charge on any atom is -0.756 e. The number of phosphoric ester groups is 1. The van der Waals surface area contributed by atoms with Crippen LogP contribution in [0.5, 0.6) is 0 Å². The number of carbonyl (C=O) groups excluding carboxylic acids is 1. The highest BCUT2D eigenvalue weighted by molar-refractivity contribution is 7.45. The van der Waals surface area contributed by atoms with Gasteiger partial charge in [0.1, 0.15) is 19.3 Å². The summed E-state index contributed by atoms with van der Waals surface area (Å²) in [5.74, 6) is -0.328. The molecule has 8 nitrogen and oxygen atoms in total. The highest BCUT2D eigenvalue weighted by Crippen LogP contribution is 2.38. The predicted molar refractivity (Wildman–Crippen MR) is 291 cm³/mol. The summed E-state index contributed by atoms with van der Waals surface area (Å²) in [5, 5.41) is 0. The molecule has 0 N–H and O–H groups in total. The number of phosphoric acid groups is 1. The Bertz CT molecular complexity index is 1100. The van der Waals surface area contributed by atoms with Gasteiger partial charge >= 0.3 is 5.97 Å². The molecule has 0 aromatic carbocycles. The first kappa shape index (κ1) is 67.2. The summed E-state index contributed by atoms with van der Waals surface area (Å²) >= 11 is 0. The highest BCUT2D eigenvalue weighted by atomic mass is 31.2. The van der Waals surface area contributed by atoms with Crippen molar-refractivity contribution in [2.45, 2.75) is 309 Å². The molecule has 2 unspecified atom stereocenters. The van der Waals surface area contributed by atoms with Gasteiger partial charge in [-0.15, -0.1) is 0 Å². The number of rotatable bonds is 57. The lowest BCUT2D eigenvalue weighted by Crippen LogP contribution is -2.37. The fraction of sp³-hybridized carbons (Fsp3) is 0.949. The van der Waals surface area contributed by atoms with Gasteiger partial charge < -0.3 is 27.9 Å². The summed E-state index contributed by atoms with van der Waals surface area (Å²) in [6.07, 6.45) is 62.6. The minimum atomic E-state index is -4.53. The second-order valence-electron chi connectivity index (χ2n) is 21.7. The third-order valence-electron chi connectivity index (χ3n) is 13.6. The van der Waals surface area contributed by atoms with Crippen molar-refractivity contribution in [2.75, 3.05) is 54.1 Å². The number of carbonyl (C=O) groups is 1. The van der Waals surface area contributed by atoms with Crippen LogP contribution in [0.25, 0.3) is 0 Å². The first-order chi connectivity index (χ1) is 33.1. The SMILES string of the molecule is CCCCCCCCCC/C=C\CCCCCCCCCCCC(=O)OC(COCCCCCCCCCCCCCCCCCCCCCCCCCCC)COP(=O)([O-])OCC[N+](C)(C)C. The Morgan fingerprint density at radius 1 is 0.441 bits per heavy atom. The van der Waals surface area contributed by atoms with Gasteiger partial charge in [0.15, 0.2) is 0 Å². The molecule has 0 aromatic rings. The Hall–Kier alpha value is -0.760. The Kier molecular flexibility index (Phi) is 52.0. The molecule has 0 saturated heterocycles. The number of allylic oxidation sites excluding steroid dienone is 2. The van der Waals surface area contributed by atoms with E-state index in [2.05, 4.69) is 26.0 Å². The molecule has 0 aromatic heterocycles. The molecule has 406 valence electrons. The topological polar surface area (TPSA) is 94.1 Å².